The van der Waals surface area contributed by atoms with Crippen LogP contribution < -0.4 is 10.8 Å². The van der Waals surface area contributed by atoms with Crippen molar-refractivity contribution >= 4 is 5.91 Å². The van der Waals surface area contributed by atoms with Gasteiger partial charge in [-0.3, -0.25) is 4.79 Å². The molecule has 1 fully saturated rings. The molecular formula is C5H10N2O2. The monoisotopic (exact) mass is 130 g/mol. The highest BCUT2D eigenvalue weighted by Crippen LogP contribution is 2.00. The first-order chi connectivity index (χ1) is 4.20. The van der Waals surface area contributed by atoms with Gasteiger partial charge in [0.15, 0.2) is 0 Å². The van der Waals surface area contributed by atoms with Crippen LogP contribution in [0, 0.1) is 11.1 Å². The van der Waals surface area contributed by atoms with Crippen LogP contribution in [0.3, 0.4) is 0 Å². The van der Waals surface area contributed by atoms with E-state index in [9.17, 15) is 10.0 Å². The van der Waals surface area contributed by atoms with Gasteiger partial charge in [0.05, 0.1) is 19.0 Å². The Morgan fingerprint density at radius 1 is 1.78 bits per heavy atom. The van der Waals surface area contributed by atoms with Crippen LogP contribution >= 0.6 is 0 Å². The lowest BCUT2D eigenvalue weighted by Gasteiger charge is -2.13. The number of hydrogen-bond donors (Lipinski definition) is 2. The molecule has 0 aromatic heterocycles. The molecule has 0 spiro atoms. The van der Waals surface area contributed by atoms with E-state index in [-0.39, 0.29) is 16.9 Å². The first-order valence-corrected chi connectivity index (χ1v) is 3.01. The van der Waals surface area contributed by atoms with Crippen LogP contribution in [0.15, 0.2) is 0 Å². The van der Waals surface area contributed by atoms with Gasteiger partial charge in [-0.1, -0.05) is 0 Å². The highest BCUT2D eigenvalue weighted by Gasteiger charge is 2.25. The summed E-state index contributed by atoms with van der Waals surface area (Å²) in [6, 6.07) is 0. The molecule has 1 saturated heterocycles. The number of nitrogens with one attached hydrogen (secondary N) is 1. The van der Waals surface area contributed by atoms with Gasteiger partial charge in [-0.05, 0) is 0 Å². The molecule has 3 N–H and O–H groups in total. The summed E-state index contributed by atoms with van der Waals surface area (Å²) in [6.07, 6.45) is 0.661. The van der Waals surface area contributed by atoms with E-state index in [4.69, 9.17) is 5.73 Å². The molecule has 1 heterocycles. The van der Waals surface area contributed by atoms with E-state index >= 15 is 0 Å². The number of primary amides is 1. The second-order valence-electron chi connectivity index (χ2n) is 2.38. The van der Waals surface area contributed by atoms with Gasteiger partial charge in [0, 0.05) is 6.42 Å². The fraction of sp³-hybridized carbons (Fsp3) is 0.800. The number of hydroxylamine groups is 2. The van der Waals surface area contributed by atoms with E-state index in [0.29, 0.717) is 19.5 Å². The van der Waals surface area contributed by atoms with Crippen LogP contribution in [-0.2, 0) is 4.79 Å². The molecule has 4 nitrogen and oxygen atoms in total. The molecule has 9 heavy (non-hydrogen) atoms. The molecule has 2 unspecified atom stereocenters. The van der Waals surface area contributed by atoms with Crippen molar-refractivity contribution in [3.05, 3.63) is 5.21 Å². The summed E-state index contributed by atoms with van der Waals surface area (Å²) >= 11 is 0. The lowest BCUT2D eigenvalue weighted by Crippen LogP contribution is -3.05. The Kier molecular flexibility index (Phi) is 1.68. The highest BCUT2D eigenvalue weighted by molar-refractivity contribution is 5.76. The molecule has 4 heteroatoms. The van der Waals surface area contributed by atoms with Crippen molar-refractivity contribution in [2.45, 2.75) is 6.42 Å². The summed E-state index contributed by atoms with van der Waals surface area (Å²) in [4.78, 5) is 10.4. The van der Waals surface area contributed by atoms with Gasteiger partial charge >= 0.3 is 0 Å². The van der Waals surface area contributed by atoms with E-state index in [1.165, 1.54) is 0 Å². The van der Waals surface area contributed by atoms with Crippen LogP contribution in [0.4, 0.5) is 0 Å². The molecule has 0 radical (unpaired) electrons. The minimum atomic E-state index is -0.333. The SMILES string of the molecule is NC(=O)C1CC[NH+]([O-])C1. The minimum Gasteiger partial charge on any atom is -0.634 e. The Morgan fingerprint density at radius 2 is 2.44 bits per heavy atom. The summed E-state index contributed by atoms with van der Waals surface area (Å²) in [6.45, 7) is 0.906. The molecule has 0 aromatic rings. The highest BCUT2D eigenvalue weighted by atomic mass is 16.5. The van der Waals surface area contributed by atoms with E-state index in [1.807, 2.05) is 0 Å². The number of hydrogen-bond acceptors (Lipinski definition) is 2. The standard InChI is InChI=1S/C5H10N2O2/c6-5(8)4-1-2-7(9)3-4/h4,7H,1-3H2,(H2,6,8). The first-order valence-electron chi connectivity index (χ1n) is 3.01. The fourth-order valence-electron chi connectivity index (χ4n) is 1.06. The number of carbonyl (C=O) groups is 1. The van der Waals surface area contributed by atoms with Crippen molar-refractivity contribution in [2.24, 2.45) is 11.7 Å². The van der Waals surface area contributed by atoms with Gasteiger partial charge in [-0.25, -0.2) is 0 Å². The largest absolute Gasteiger partial charge is 0.634 e. The molecule has 0 aromatic carbocycles. The molecule has 1 aliphatic heterocycles. The predicted octanol–water partition coefficient (Wildman–Crippen LogP) is -2.13. The van der Waals surface area contributed by atoms with E-state index < -0.39 is 0 Å². The van der Waals surface area contributed by atoms with Gasteiger partial charge in [-0.2, -0.15) is 0 Å². The molecule has 1 amide bonds. The number of quaternary nitrogens is 1. The maximum absolute atomic E-state index is 10.6. The van der Waals surface area contributed by atoms with Crippen molar-refractivity contribution in [1.29, 1.82) is 0 Å². The zero-order valence-electron chi connectivity index (χ0n) is 5.09. The quantitative estimate of drug-likeness (QED) is 0.398. The van der Waals surface area contributed by atoms with Crippen LogP contribution in [0.2, 0.25) is 0 Å². The minimum absolute atomic E-state index is 0.166. The lowest BCUT2D eigenvalue weighted by atomic mass is 10.1. The molecule has 1 rings (SSSR count). The predicted molar refractivity (Wildman–Crippen MR) is 31.4 cm³/mol. The van der Waals surface area contributed by atoms with Crippen molar-refractivity contribution in [3.63, 3.8) is 0 Å². The van der Waals surface area contributed by atoms with E-state index in [2.05, 4.69) is 0 Å². The second-order valence-corrected chi connectivity index (χ2v) is 2.38. The van der Waals surface area contributed by atoms with Crippen LogP contribution in [-0.4, -0.2) is 19.0 Å². The fourth-order valence-corrected chi connectivity index (χ4v) is 1.06. The number of carbonyl (C=O) groups excluding carboxylic acids is 1. The zero-order valence-corrected chi connectivity index (χ0v) is 5.09. The summed E-state index contributed by atoms with van der Waals surface area (Å²) in [5.74, 6) is -0.502. The summed E-state index contributed by atoms with van der Waals surface area (Å²) < 4.78 is 0. The third kappa shape index (κ3) is 1.40. The van der Waals surface area contributed by atoms with Gasteiger partial charge in [0.25, 0.3) is 0 Å². The van der Waals surface area contributed by atoms with Gasteiger partial charge < -0.3 is 16.0 Å². The molecule has 0 aliphatic carbocycles. The maximum Gasteiger partial charge on any atom is 0.226 e. The van der Waals surface area contributed by atoms with Crippen molar-refractivity contribution in [1.82, 2.24) is 0 Å². The molecule has 2 atom stereocenters. The van der Waals surface area contributed by atoms with Crippen molar-refractivity contribution in [3.8, 4) is 0 Å². The molecule has 0 saturated carbocycles. The van der Waals surface area contributed by atoms with Crippen molar-refractivity contribution < 1.29 is 9.86 Å². The first kappa shape index (κ1) is 6.51. The summed E-state index contributed by atoms with van der Waals surface area (Å²) in [5.41, 5.74) is 4.97. The Labute approximate surface area is 53.2 Å². The number of rotatable bonds is 1. The van der Waals surface area contributed by atoms with Gasteiger partial charge in [0.1, 0.15) is 0 Å². The molecule has 1 aliphatic rings. The topological polar surface area (TPSA) is 70.6 Å². The average molecular weight is 130 g/mol. The van der Waals surface area contributed by atoms with Crippen LogP contribution in [0.1, 0.15) is 6.42 Å². The summed E-state index contributed by atoms with van der Waals surface area (Å²) in [5, 5.41) is 10.7. The third-order valence-electron chi connectivity index (χ3n) is 1.65. The third-order valence-corrected chi connectivity index (χ3v) is 1.65. The Balaban J connectivity index is 2.39. The van der Waals surface area contributed by atoms with Gasteiger partial charge in [0.2, 0.25) is 5.91 Å². The van der Waals surface area contributed by atoms with Gasteiger partial charge in [-0.15, -0.1) is 0 Å². The number of amides is 1. The average Bonchev–Trinajstić information content (AvgIpc) is 2.14. The van der Waals surface area contributed by atoms with Crippen molar-refractivity contribution in [2.75, 3.05) is 13.1 Å². The number of nitrogens with two attached hydrogens (primary N) is 1. The molecular weight excluding hydrogens is 120 g/mol. The zero-order chi connectivity index (χ0) is 6.85. The van der Waals surface area contributed by atoms with Crippen LogP contribution in [0.5, 0.6) is 0 Å². The molecule has 52 valence electrons. The van der Waals surface area contributed by atoms with E-state index in [1.54, 1.807) is 0 Å². The lowest BCUT2D eigenvalue weighted by molar-refractivity contribution is -0.835. The van der Waals surface area contributed by atoms with Crippen LogP contribution in [0.25, 0.3) is 0 Å². The maximum atomic E-state index is 10.6. The Bertz CT molecular complexity index is 126. The summed E-state index contributed by atoms with van der Waals surface area (Å²) in [7, 11) is 0. The normalized spacial score (nSPS) is 34.8. The smallest absolute Gasteiger partial charge is 0.226 e. The second kappa shape index (κ2) is 2.33. The molecule has 0 bridgehead atoms. The van der Waals surface area contributed by atoms with E-state index in [0.717, 1.165) is 0 Å². The Morgan fingerprint density at radius 3 is 2.67 bits per heavy atom. The Hall–Kier alpha value is -0.610.